The van der Waals surface area contributed by atoms with Gasteiger partial charge in [0.1, 0.15) is 0 Å². The van der Waals surface area contributed by atoms with E-state index in [1.165, 1.54) is 18.4 Å². The minimum Gasteiger partial charge on any atom is -0.380 e. The maximum Gasteiger partial charge on any atom is 0.332 e. The van der Waals surface area contributed by atoms with E-state index < -0.39 is 10.9 Å². The normalized spacial score (nSPS) is 11.1. The lowest BCUT2D eigenvalue weighted by molar-refractivity contribution is -0.380. The van der Waals surface area contributed by atoms with Crippen LogP contribution in [0.2, 0.25) is 0 Å². The fraction of sp³-hybridized carbons (Fsp3) is 0.143. The molecule has 0 fully saturated rings. The smallest absolute Gasteiger partial charge is 0.332 e. The number of carbonyl (C=O) groups excluding carboxylic acids is 1. The van der Waals surface area contributed by atoms with Gasteiger partial charge in [0, 0.05) is 23.9 Å². The van der Waals surface area contributed by atoms with Crippen molar-refractivity contribution >= 4 is 28.1 Å². The van der Waals surface area contributed by atoms with Gasteiger partial charge in [-0.3, -0.25) is 10.1 Å². The zero-order valence-electron chi connectivity index (χ0n) is 7.67. The van der Waals surface area contributed by atoms with Crippen LogP contribution in [0, 0.1) is 10.1 Å². The number of rotatable bonds is 3. The summed E-state index contributed by atoms with van der Waals surface area (Å²) in [4.78, 5) is 24.5. The van der Waals surface area contributed by atoms with Crippen molar-refractivity contribution in [2.24, 2.45) is 10.9 Å². The Bertz CT molecular complexity index is 426. The molecule has 1 aromatic rings. The highest BCUT2D eigenvalue weighted by molar-refractivity contribution is 7.13. The van der Waals surface area contributed by atoms with Gasteiger partial charge in [0.05, 0.1) is 4.92 Å². The second kappa shape index (κ2) is 4.51. The molecule has 0 amide bonds. The van der Waals surface area contributed by atoms with E-state index in [1.807, 2.05) is 0 Å². The van der Waals surface area contributed by atoms with Crippen molar-refractivity contribution in [3.05, 3.63) is 27.1 Å². The Labute approximate surface area is 88.3 Å². The summed E-state index contributed by atoms with van der Waals surface area (Å²) >= 11 is 0.920. The molecule has 1 aromatic heterocycles. The lowest BCUT2D eigenvalue weighted by Gasteiger charge is -1.94. The van der Waals surface area contributed by atoms with E-state index in [9.17, 15) is 14.9 Å². The highest BCUT2D eigenvalue weighted by atomic mass is 32.1. The van der Waals surface area contributed by atoms with Crippen LogP contribution >= 0.6 is 11.3 Å². The molecular weight excluding hydrogens is 222 g/mol. The fourth-order valence-corrected chi connectivity index (χ4v) is 1.44. The van der Waals surface area contributed by atoms with Gasteiger partial charge in [0.2, 0.25) is 0 Å². The maximum absolute atomic E-state index is 10.4. The highest BCUT2D eigenvalue weighted by Crippen LogP contribution is 2.22. The predicted octanol–water partition coefficient (Wildman–Crippen LogP) is 0.840. The number of oxime groups is 1. The van der Waals surface area contributed by atoms with Crippen molar-refractivity contribution in [1.82, 2.24) is 0 Å². The van der Waals surface area contributed by atoms with Gasteiger partial charge in [-0.05, 0) is 0 Å². The molecule has 0 atom stereocenters. The van der Waals surface area contributed by atoms with Gasteiger partial charge >= 0.3 is 11.0 Å². The van der Waals surface area contributed by atoms with Crippen LogP contribution in [0.25, 0.3) is 0 Å². The van der Waals surface area contributed by atoms with E-state index in [2.05, 4.69) is 9.99 Å². The number of thiophene rings is 1. The minimum absolute atomic E-state index is 0.0500. The van der Waals surface area contributed by atoms with E-state index in [1.54, 1.807) is 0 Å². The molecule has 2 N–H and O–H groups in total. The van der Waals surface area contributed by atoms with Crippen LogP contribution < -0.4 is 5.73 Å². The third kappa shape index (κ3) is 3.02. The largest absolute Gasteiger partial charge is 0.380 e. The fourth-order valence-electron chi connectivity index (χ4n) is 0.721. The van der Waals surface area contributed by atoms with Crippen molar-refractivity contribution < 1.29 is 14.6 Å². The molecule has 8 heteroatoms. The van der Waals surface area contributed by atoms with Gasteiger partial charge in [-0.25, -0.2) is 4.79 Å². The first-order valence-electron chi connectivity index (χ1n) is 3.75. The molecule has 0 unspecified atom stereocenters. The van der Waals surface area contributed by atoms with Crippen molar-refractivity contribution in [1.29, 1.82) is 0 Å². The third-order valence-electron chi connectivity index (χ3n) is 1.33. The van der Waals surface area contributed by atoms with Crippen LogP contribution in [0.5, 0.6) is 0 Å². The zero-order chi connectivity index (χ0) is 11.4. The van der Waals surface area contributed by atoms with Gasteiger partial charge in [0.25, 0.3) is 0 Å². The van der Waals surface area contributed by atoms with Gasteiger partial charge in [-0.1, -0.05) is 16.5 Å². The van der Waals surface area contributed by atoms with E-state index in [-0.39, 0.29) is 10.8 Å². The molecule has 1 heterocycles. The number of hydrogen-bond donors (Lipinski definition) is 1. The van der Waals surface area contributed by atoms with E-state index in [0.717, 1.165) is 11.3 Å². The first-order chi connectivity index (χ1) is 7.00. The van der Waals surface area contributed by atoms with Crippen LogP contribution in [-0.2, 0) is 9.63 Å². The number of nitrogens with two attached hydrogens (primary N) is 1. The molecular formula is C7H7N3O4S. The van der Waals surface area contributed by atoms with E-state index >= 15 is 0 Å². The summed E-state index contributed by atoms with van der Waals surface area (Å²) in [6, 6.07) is 1.26. The second-order valence-corrected chi connectivity index (χ2v) is 3.38. The Kier molecular flexibility index (Phi) is 3.34. The summed E-state index contributed by atoms with van der Waals surface area (Å²) in [5.41, 5.74) is 5.77. The molecule has 1 rings (SSSR count). The topological polar surface area (TPSA) is 108 Å². The number of nitro groups is 1. The summed E-state index contributed by atoms with van der Waals surface area (Å²) in [5.74, 6) is -0.683. The summed E-state index contributed by atoms with van der Waals surface area (Å²) < 4.78 is 0. The molecule has 7 nitrogen and oxygen atoms in total. The van der Waals surface area contributed by atoms with E-state index in [0.29, 0.717) is 5.56 Å². The maximum atomic E-state index is 10.4. The third-order valence-corrected chi connectivity index (χ3v) is 2.21. The number of hydrogen-bond acceptors (Lipinski definition) is 6. The number of nitrogens with zero attached hydrogens (tertiary/aromatic N) is 2. The van der Waals surface area contributed by atoms with Gasteiger partial charge < -0.3 is 10.6 Å². The number of carbonyl (C=O) groups is 1. The molecule has 0 saturated heterocycles. The molecule has 0 radical (unpaired) electrons. The SMILES string of the molecule is CC(=O)O/N=C(\N)c1csc([N+](=O)[O-])c1. The minimum atomic E-state index is -0.609. The molecule has 0 aliphatic rings. The van der Waals surface area contributed by atoms with Crippen LogP contribution in [0.3, 0.4) is 0 Å². The zero-order valence-corrected chi connectivity index (χ0v) is 8.48. The Balaban J connectivity index is 2.82. The summed E-state index contributed by atoms with van der Waals surface area (Å²) in [5, 5.41) is 15.1. The average Bonchev–Trinajstić information content (AvgIpc) is 2.62. The van der Waals surface area contributed by atoms with Crippen LogP contribution in [0.1, 0.15) is 12.5 Å². The monoisotopic (exact) mass is 229 g/mol. The van der Waals surface area contributed by atoms with Gasteiger partial charge in [-0.2, -0.15) is 0 Å². The molecule has 80 valence electrons. The van der Waals surface area contributed by atoms with Crippen LogP contribution in [-0.4, -0.2) is 16.7 Å². The summed E-state index contributed by atoms with van der Waals surface area (Å²) in [7, 11) is 0. The Morgan fingerprint density at radius 3 is 2.87 bits per heavy atom. The van der Waals surface area contributed by atoms with Gasteiger partial charge in [-0.15, -0.1) is 0 Å². The lowest BCUT2D eigenvalue weighted by Crippen LogP contribution is -2.13. The average molecular weight is 229 g/mol. The van der Waals surface area contributed by atoms with Crippen molar-refractivity contribution in [2.45, 2.75) is 6.92 Å². The quantitative estimate of drug-likeness (QED) is 0.271. The van der Waals surface area contributed by atoms with Crippen molar-refractivity contribution in [3.8, 4) is 0 Å². The molecule has 15 heavy (non-hydrogen) atoms. The van der Waals surface area contributed by atoms with Crippen molar-refractivity contribution in [2.75, 3.05) is 0 Å². The first-order valence-corrected chi connectivity index (χ1v) is 4.63. The van der Waals surface area contributed by atoms with E-state index in [4.69, 9.17) is 5.73 Å². The van der Waals surface area contributed by atoms with Gasteiger partial charge in [0.15, 0.2) is 5.84 Å². The molecule has 0 aliphatic heterocycles. The molecule has 0 saturated carbocycles. The van der Waals surface area contributed by atoms with Crippen molar-refractivity contribution in [3.63, 3.8) is 0 Å². The van der Waals surface area contributed by atoms with Crippen LogP contribution in [0.4, 0.5) is 5.00 Å². The molecule has 0 bridgehead atoms. The Hall–Kier alpha value is -1.96. The molecule has 0 spiro atoms. The Morgan fingerprint density at radius 1 is 1.73 bits per heavy atom. The summed E-state index contributed by atoms with van der Waals surface area (Å²) in [6.07, 6.45) is 0. The predicted molar refractivity (Wildman–Crippen MR) is 53.5 cm³/mol. The number of amidine groups is 1. The second-order valence-electron chi connectivity index (χ2n) is 2.49. The molecule has 0 aliphatic carbocycles. The lowest BCUT2D eigenvalue weighted by atomic mass is 10.3. The first kappa shape index (κ1) is 11.1. The summed E-state index contributed by atoms with van der Waals surface area (Å²) in [6.45, 7) is 1.17. The highest BCUT2D eigenvalue weighted by Gasteiger charge is 2.12. The Morgan fingerprint density at radius 2 is 2.40 bits per heavy atom. The standard InChI is InChI=1S/C7H7N3O4S/c1-4(11)14-9-7(8)5-2-6(10(12)13)15-3-5/h2-3H,1H3,(H2,8,9). The molecule has 0 aromatic carbocycles. The van der Waals surface area contributed by atoms with Crippen LogP contribution in [0.15, 0.2) is 16.6 Å².